The molecule has 0 fully saturated rings. The molecule has 1 aliphatic rings. The van der Waals surface area contributed by atoms with E-state index in [9.17, 15) is 9.50 Å². The number of aromatic nitrogens is 2. The summed E-state index contributed by atoms with van der Waals surface area (Å²) >= 11 is 0. The third-order valence-electron chi connectivity index (χ3n) is 6.00. The molecular formula is C24H27FN2O2. The minimum Gasteiger partial charge on any atom is -0.392 e. The zero-order chi connectivity index (χ0) is 20.4. The molecular weight excluding hydrogens is 367 g/mol. The molecule has 1 N–H and O–H groups in total. The van der Waals surface area contributed by atoms with Crippen LogP contribution in [0.15, 0.2) is 60.8 Å². The molecule has 0 aliphatic heterocycles. The maximum atomic E-state index is 13.3. The maximum Gasteiger partial charge on any atom is 0.123 e. The Hall–Kier alpha value is -2.50. The molecule has 2 unspecified atom stereocenters. The second-order valence-corrected chi connectivity index (χ2v) is 8.11. The third kappa shape index (κ3) is 3.98. The first-order valence-electron chi connectivity index (χ1n) is 10.2. The van der Waals surface area contributed by atoms with Crippen LogP contribution in [0.1, 0.15) is 43.2 Å². The lowest BCUT2D eigenvalue weighted by atomic mass is 9.69. The second-order valence-electron chi connectivity index (χ2n) is 8.11. The van der Waals surface area contributed by atoms with Gasteiger partial charge < -0.3 is 9.84 Å². The average Bonchev–Trinajstić information content (AvgIpc) is 3.11. The Kier molecular flexibility index (Phi) is 5.52. The number of rotatable bonds is 6. The number of nitrogens with zero attached hydrogens (tertiary/aromatic N) is 2. The molecule has 4 rings (SSSR count). The van der Waals surface area contributed by atoms with Gasteiger partial charge in [0, 0.05) is 18.4 Å². The van der Waals surface area contributed by atoms with Crippen LogP contribution in [-0.4, -0.2) is 27.6 Å². The minimum atomic E-state index is -0.516. The van der Waals surface area contributed by atoms with Gasteiger partial charge in [-0.05, 0) is 55.2 Å². The molecule has 1 aliphatic carbocycles. The normalized spacial score (nSPS) is 22.3. The Bertz CT molecular complexity index is 955. The van der Waals surface area contributed by atoms with Gasteiger partial charge in [0.15, 0.2) is 0 Å². The third-order valence-corrected chi connectivity index (χ3v) is 6.00. The molecule has 0 radical (unpaired) electrons. The van der Waals surface area contributed by atoms with E-state index < -0.39 is 6.10 Å². The second kappa shape index (κ2) is 8.09. The van der Waals surface area contributed by atoms with Crippen molar-refractivity contribution >= 4 is 0 Å². The number of hydrogen-bond donors (Lipinski definition) is 1. The van der Waals surface area contributed by atoms with Gasteiger partial charge in [-0.2, -0.15) is 5.10 Å². The minimum absolute atomic E-state index is 0.0606. The van der Waals surface area contributed by atoms with Crippen LogP contribution in [-0.2, 0) is 17.6 Å². The average molecular weight is 394 g/mol. The lowest BCUT2D eigenvalue weighted by Crippen LogP contribution is -2.41. The van der Waals surface area contributed by atoms with Crippen LogP contribution in [0.25, 0.3) is 5.69 Å². The van der Waals surface area contributed by atoms with Gasteiger partial charge in [-0.1, -0.05) is 37.3 Å². The molecule has 3 atom stereocenters. The van der Waals surface area contributed by atoms with Crippen LogP contribution in [0.4, 0.5) is 4.39 Å². The zero-order valence-electron chi connectivity index (χ0n) is 16.9. The number of hydrogen-bond acceptors (Lipinski definition) is 3. The highest BCUT2D eigenvalue weighted by atomic mass is 19.1. The van der Waals surface area contributed by atoms with Crippen LogP contribution >= 0.6 is 0 Å². The predicted octanol–water partition coefficient (Wildman–Crippen LogP) is 4.65. The fourth-order valence-electron chi connectivity index (χ4n) is 4.33. The van der Waals surface area contributed by atoms with Crippen molar-refractivity contribution in [3.8, 4) is 5.69 Å². The molecule has 29 heavy (non-hydrogen) atoms. The van der Waals surface area contributed by atoms with Crippen molar-refractivity contribution in [2.45, 2.75) is 45.3 Å². The maximum absolute atomic E-state index is 13.3. The Balaban J connectivity index is 1.60. The summed E-state index contributed by atoms with van der Waals surface area (Å²) in [6.45, 7) is 4.75. The molecule has 0 saturated carbocycles. The van der Waals surface area contributed by atoms with E-state index in [2.05, 4.69) is 24.2 Å². The highest BCUT2D eigenvalue weighted by Crippen LogP contribution is 2.43. The molecule has 1 heterocycles. The summed E-state index contributed by atoms with van der Waals surface area (Å²) in [5, 5.41) is 15.6. The highest BCUT2D eigenvalue weighted by molar-refractivity contribution is 5.37. The van der Waals surface area contributed by atoms with Crippen molar-refractivity contribution in [2.24, 2.45) is 5.41 Å². The van der Waals surface area contributed by atoms with Crippen molar-refractivity contribution in [3.05, 3.63) is 83.4 Å². The number of benzene rings is 2. The van der Waals surface area contributed by atoms with E-state index >= 15 is 0 Å². The van der Waals surface area contributed by atoms with Crippen LogP contribution in [0.5, 0.6) is 0 Å². The van der Waals surface area contributed by atoms with Crippen molar-refractivity contribution in [1.82, 2.24) is 9.78 Å². The fraction of sp³-hybridized carbons (Fsp3) is 0.375. The van der Waals surface area contributed by atoms with E-state index in [0.717, 1.165) is 35.3 Å². The highest BCUT2D eigenvalue weighted by Gasteiger charge is 2.41. The van der Waals surface area contributed by atoms with Gasteiger partial charge >= 0.3 is 0 Å². The number of aliphatic hydroxyl groups is 1. The van der Waals surface area contributed by atoms with Gasteiger partial charge in [0.1, 0.15) is 5.82 Å². The van der Waals surface area contributed by atoms with Crippen LogP contribution in [0, 0.1) is 11.2 Å². The number of fused-ring (bicyclic) bond motifs is 1. The Morgan fingerprint density at radius 2 is 1.93 bits per heavy atom. The lowest BCUT2D eigenvalue weighted by molar-refractivity contribution is -0.0344. The first kappa shape index (κ1) is 19.8. The smallest absolute Gasteiger partial charge is 0.123 e. The molecule has 1 aromatic heterocycles. The first-order valence-corrected chi connectivity index (χ1v) is 10.2. The first-order chi connectivity index (χ1) is 14.0. The summed E-state index contributed by atoms with van der Waals surface area (Å²) in [4.78, 5) is 0. The van der Waals surface area contributed by atoms with Gasteiger partial charge in [-0.15, -0.1) is 0 Å². The van der Waals surface area contributed by atoms with Crippen molar-refractivity contribution in [2.75, 3.05) is 6.61 Å². The monoisotopic (exact) mass is 394 g/mol. The van der Waals surface area contributed by atoms with Gasteiger partial charge in [-0.3, -0.25) is 0 Å². The summed E-state index contributed by atoms with van der Waals surface area (Å²) in [6, 6.07) is 16.5. The molecule has 152 valence electrons. The van der Waals surface area contributed by atoms with E-state index in [0.29, 0.717) is 13.0 Å². The van der Waals surface area contributed by atoms with Gasteiger partial charge in [0.25, 0.3) is 0 Å². The number of halogens is 1. The quantitative estimate of drug-likeness (QED) is 0.662. The summed E-state index contributed by atoms with van der Waals surface area (Å²) in [7, 11) is 0. The Morgan fingerprint density at radius 3 is 2.62 bits per heavy atom. The van der Waals surface area contributed by atoms with E-state index in [-0.39, 0.29) is 17.3 Å². The standard InChI is InChI=1S/C24H27FN2O2/c1-3-29-22(17-7-5-4-6-8-17)15-24(2)14-18-16-26-27(21(18)13-23(24)28)20-11-9-19(25)10-12-20/h4-12,16,22-23,28H,3,13-15H2,1-2H3/t22?,23?,24-/m1/s1. The van der Waals surface area contributed by atoms with Crippen LogP contribution in [0.3, 0.4) is 0 Å². The molecule has 0 spiro atoms. The van der Waals surface area contributed by atoms with Gasteiger partial charge in [0.05, 0.1) is 29.8 Å². The van der Waals surface area contributed by atoms with Crippen molar-refractivity contribution in [1.29, 1.82) is 0 Å². The SMILES string of the molecule is CCOC(C[C@@]1(C)Cc2cnn(-c3ccc(F)cc3)c2CC1O)c1ccccc1. The molecule has 4 nitrogen and oxygen atoms in total. The predicted molar refractivity (Wildman–Crippen MR) is 110 cm³/mol. The van der Waals surface area contributed by atoms with Crippen molar-refractivity contribution < 1.29 is 14.2 Å². The molecule has 0 amide bonds. The van der Waals surface area contributed by atoms with Crippen LogP contribution in [0.2, 0.25) is 0 Å². The molecule has 2 aromatic carbocycles. The topological polar surface area (TPSA) is 47.3 Å². The van der Waals surface area contributed by atoms with E-state index in [1.54, 1.807) is 12.1 Å². The van der Waals surface area contributed by atoms with E-state index in [4.69, 9.17) is 4.74 Å². The summed E-state index contributed by atoms with van der Waals surface area (Å²) in [6.07, 6.45) is 3.26. The Labute approximate surface area is 171 Å². The Morgan fingerprint density at radius 1 is 1.21 bits per heavy atom. The van der Waals surface area contributed by atoms with Crippen LogP contribution < -0.4 is 0 Å². The fourth-order valence-corrected chi connectivity index (χ4v) is 4.33. The van der Waals surface area contributed by atoms with E-state index in [1.165, 1.54) is 12.1 Å². The summed E-state index contributed by atoms with van der Waals surface area (Å²) in [5.41, 5.74) is 3.74. The molecule has 5 heteroatoms. The number of aliphatic hydroxyl groups excluding tert-OH is 1. The molecule has 0 bridgehead atoms. The van der Waals surface area contributed by atoms with Gasteiger partial charge in [0.2, 0.25) is 0 Å². The van der Waals surface area contributed by atoms with E-state index in [1.807, 2.05) is 36.0 Å². The molecule has 3 aromatic rings. The molecule has 0 saturated heterocycles. The largest absolute Gasteiger partial charge is 0.392 e. The van der Waals surface area contributed by atoms with Gasteiger partial charge in [-0.25, -0.2) is 9.07 Å². The summed E-state index contributed by atoms with van der Waals surface area (Å²) < 4.78 is 21.1. The number of ether oxygens (including phenoxy) is 1. The lowest BCUT2D eigenvalue weighted by Gasteiger charge is -2.40. The zero-order valence-corrected chi connectivity index (χ0v) is 16.9. The summed E-state index contributed by atoms with van der Waals surface area (Å²) in [5.74, 6) is -0.273. The van der Waals surface area contributed by atoms with Crippen molar-refractivity contribution in [3.63, 3.8) is 0 Å².